The second-order valence-corrected chi connectivity index (χ2v) is 2.60. The van der Waals surface area contributed by atoms with Crippen LogP contribution >= 0.6 is 11.6 Å². The molecule has 0 aliphatic heterocycles. The standard InChI is InChI=1S/C6H4ClF3N2O2/c7-3-4(11)2(13)1-12-5(3)14-6(8,9)10/h1,13H,(H2,11,12). The molecule has 14 heavy (non-hydrogen) atoms. The van der Waals surface area contributed by atoms with E-state index in [-0.39, 0.29) is 0 Å². The van der Waals surface area contributed by atoms with Gasteiger partial charge in [0.2, 0.25) is 5.88 Å². The van der Waals surface area contributed by atoms with E-state index >= 15 is 0 Å². The van der Waals surface area contributed by atoms with Crippen molar-refractivity contribution in [3.05, 3.63) is 11.2 Å². The quantitative estimate of drug-likeness (QED) is 0.771. The maximum Gasteiger partial charge on any atom is 0.574 e. The number of aromatic hydroxyl groups is 1. The lowest BCUT2D eigenvalue weighted by atomic mass is 10.4. The molecule has 1 rings (SSSR count). The normalized spacial score (nSPS) is 11.4. The Morgan fingerprint density at radius 1 is 1.50 bits per heavy atom. The van der Waals surface area contributed by atoms with Crippen LogP contribution in [0.2, 0.25) is 5.02 Å². The lowest BCUT2D eigenvalue weighted by Gasteiger charge is -2.10. The van der Waals surface area contributed by atoms with Gasteiger partial charge in [0.25, 0.3) is 0 Å². The van der Waals surface area contributed by atoms with Crippen LogP contribution < -0.4 is 10.5 Å². The van der Waals surface area contributed by atoms with E-state index in [9.17, 15) is 13.2 Å². The maximum atomic E-state index is 11.7. The predicted molar refractivity (Wildman–Crippen MR) is 42.0 cm³/mol. The van der Waals surface area contributed by atoms with E-state index in [1.807, 2.05) is 0 Å². The number of pyridine rings is 1. The highest BCUT2D eigenvalue weighted by Gasteiger charge is 2.33. The Labute approximate surface area is 81.1 Å². The van der Waals surface area contributed by atoms with Gasteiger partial charge in [0, 0.05) is 0 Å². The SMILES string of the molecule is Nc1c(O)cnc(OC(F)(F)F)c1Cl. The molecule has 3 N–H and O–H groups in total. The van der Waals surface area contributed by atoms with Crippen LogP contribution in [0.1, 0.15) is 0 Å². The van der Waals surface area contributed by atoms with Gasteiger partial charge in [-0.15, -0.1) is 13.2 Å². The number of hydrogen-bond donors (Lipinski definition) is 2. The molecule has 0 spiro atoms. The third kappa shape index (κ3) is 2.32. The van der Waals surface area contributed by atoms with Crippen LogP contribution in [0.5, 0.6) is 11.6 Å². The lowest BCUT2D eigenvalue weighted by molar-refractivity contribution is -0.276. The Morgan fingerprint density at radius 3 is 2.57 bits per heavy atom. The summed E-state index contributed by atoms with van der Waals surface area (Å²) in [5.74, 6) is -1.40. The molecular formula is C6H4ClF3N2O2. The third-order valence-corrected chi connectivity index (χ3v) is 1.58. The molecule has 0 aliphatic rings. The van der Waals surface area contributed by atoms with Crippen LogP contribution in [-0.2, 0) is 0 Å². The number of alkyl halides is 3. The zero-order valence-electron chi connectivity index (χ0n) is 6.47. The van der Waals surface area contributed by atoms with Gasteiger partial charge < -0.3 is 15.6 Å². The zero-order chi connectivity index (χ0) is 10.9. The second kappa shape index (κ2) is 3.41. The summed E-state index contributed by atoms with van der Waals surface area (Å²) in [5.41, 5.74) is 4.72. The highest BCUT2D eigenvalue weighted by Crippen LogP contribution is 2.36. The van der Waals surface area contributed by atoms with Gasteiger partial charge >= 0.3 is 6.36 Å². The Balaban J connectivity index is 3.06. The third-order valence-electron chi connectivity index (χ3n) is 1.22. The van der Waals surface area contributed by atoms with E-state index in [4.69, 9.17) is 22.4 Å². The number of anilines is 1. The molecule has 0 amide bonds. The summed E-state index contributed by atoms with van der Waals surface area (Å²) < 4.78 is 38.6. The number of nitrogens with two attached hydrogens (primary N) is 1. The van der Waals surface area contributed by atoms with Crippen LogP contribution in [0.25, 0.3) is 0 Å². The fraction of sp³-hybridized carbons (Fsp3) is 0.167. The van der Waals surface area contributed by atoms with Crippen molar-refractivity contribution >= 4 is 17.3 Å². The number of ether oxygens (including phenoxy) is 1. The molecule has 0 saturated heterocycles. The smallest absolute Gasteiger partial charge is 0.504 e. The van der Waals surface area contributed by atoms with Gasteiger partial charge in [-0.3, -0.25) is 0 Å². The Kier molecular flexibility index (Phi) is 2.61. The molecule has 0 saturated carbocycles. The van der Waals surface area contributed by atoms with Gasteiger partial charge in [0.1, 0.15) is 10.7 Å². The number of nitrogen functional groups attached to an aromatic ring is 1. The number of hydrogen-bond acceptors (Lipinski definition) is 4. The molecule has 4 nitrogen and oxygen atoms in total. The average Bonchev–Trinajstić information content (AvgIpc) is 2.04. The minimum Gasteiger partial charge on any atom is -0.504 e. The monoisotopic (exact) mass is 228 g/mol. The van der Waals surface area contributed by atoms with Gasteiger partial charge in [-0.2, -0.15) is 0 Å². The first kappa shape index (κ1) is 10.7. The first-order chi connectivity index (χ1) is 6.31. The fourth-order valence-corrected chi connectivity index (χ4v) is 0.839. The number of aromatic nitrogens is 1. The molecule has 0 bridgehead atoms. The van der Waals surface area contributed by atoms with Crippen LogP contribution in [0.15, 0.2) is 6.20 Å². The lowest BCUT2D eigenvalue weighted by Crippen LogP contribution is -2.18. The zero-order valence-corrected chi connectivity index (χ0v) is 7.23. The molecule has 0 aliphatic carbocycles. The molecule has 0 fully saturated rings. The van der Waals surface area contributed by atoms with Gasteiger partial charge in [-0.1, -0.05) is 11.6 Å². The molecule has 0 radical (unpaired) electrons. The van der Waals surface area contributed by atoms with Crippen molar-refractivity contribution in [1.82, 2.24) is 4.98 Å². The van der Waals surface area contributed by atoms with Gasteiger partial charge in [0.15, 0.2) is 5.75 Å². The van der Waals surface area contributed by atoms with Gasteiger partial charge in [0.05, 0.1) is 6.20 Å². The molecule has 1 aromatic rings. The van der Waals surface area contributed by atoms with E-state index in [0.717, 1.165) is 0 Å². The second-order valence-electron chi connectivity index (χ2n) is 2.22. The Bertz CT molecular complexity index is 356. The summed E-state index contributed by atoms with van der Waals surface area (Å²) in [6.45, 7) is 0. The van der Waals surface area contributed by atoms with Gasteiger partial charge in [-0.05, 0) is 0 Å². The van der Waals surface area contributed by atoms with Crippen molar-refractivity contribution in [1.29, 1.82) is 0 Å². The molecule has 1 heterocycles. The Hall–Kier alpha value is -1.37. The van der Waals surface area contributed by atoms with E-state index in [0.29, 0.717) is 6.20 Å². The minimum atomic E-state index is -4.90. The molecule has 8 heteroatoms. The molecule has 0 atom stereocenters. The van der Waals surface area contributed by atoms with E-state index < -0.39 is 28.7 Å². The van der Waals surface area contributed by atoms with Crippen LogP contribution in [0, 0.1) is 0 Å². The Morgan fingerprint density at radius 2 is 2.07 bits per heavy atom. The van der Waals surface area contributed by atoms with Crippen molar-refractivity contribution in [3.8, 4) is 11.6 Å². The van der Waals surface area contributed by atoms with Crippen molar-refractivity contribution in [3.63, 3.8) is 0 Å². The fourth-order valence-electron chi connectivity index (χ4n) is 0.654. The summed E-state index contributed by atoms with van der Waals surface area (Å²) >= 11 is 5.33. The predicted octanol–water partition coefficient (Wildman–Crippen LogP) is 1.92. The number of nitrogens with zero attached hydrogens (tertiary/aromatic N) is 1. The first-order valence-electron chi connectivity index (χ1n) is 3.20. The van der Waals surface area contributed by atoms with E-state index in [1.165, 1.54) is 0 Å². The summed E-state index contributed by atoms with van der Waals surface area (Å²) in [7, 11) is 0. The highest BCUT2D eigenvalue weighted by atomic mass is 35.5. The molecule has 0 unspecified atom stereocenters. The number of halogens is 4. The first-order valence-corrected chi connectivity index (χ1v) is 3.57. The summed E-state index contributed by atoms with van der Waals surface area (Å²) in [6.07, 6.45) is -4.19. The van der Waals surface area contributed by atoms with Crippen LogP contribution in [0.3, 0.4) is 0 Å². The molecular weight excluding hydrogens is 225 g/mol. The molecule has 1 aromatic heterocycles. The summed E-state index contributed by atoms with van der Waals surface area (Å²) in [4.78, 5) is 3.12. The molecule has 78 valence electrons. The summed E-state index contributed by atoms with van der Waals surface area (Å²) in [5, 5.41) is 8.33. The van der Waals surface area contributed by atoms with Crippen LogP contribution in [0.4, 0.5) is 18.9 Å². The number of rotatable bonds is 1. The maximum absolute atomic E-state index is 11.7. The van der Waals surface area contributed by atoms with Crippen LogP contribution in [-0.4, -0.2) is 16.5 Å². The van der Waals surface area contributed by atoms with E-state index in [2.05, 4.69) is 9.72 Å². The largest absolute Gasteiger partial charge is 0.574 e. The van der Waals surface area contributed by atoms with E-state index in [1.54, 1.807) is 0 Å². The minimum absolute atomic E-state index is 0.416. The topological polar surface area (TPSA) is 68.4 Å². The highest BCUT2D eigenvalue weighted by molar-refractivity contribution is 6.34. The van der Waals surface area contributed by atoms with Gasteiger partial charge in [-0.25, -0.2) is 4.98 Å². The van der Waals surface area contributed by atoms with Crippen molar-refractivity contribution in [2.75, 3.05) is 5.73 Å². The summed E-state index contributed by atoms with van der Waals surface area (Å²) in [6, 6.07) is 0. The van der Waals surface area contributed by atoms with Crippen molar-refractivity contribution in [2.45, 2.75) is 6.36 Å². The van der Waals surface area contributed by atoms with Crippen molar-refractivity contribution < 1.29 is 23.0 Å². The average molecular weight is 229 g/mol. The molecule has 0 aromatic carbocycles. The van der Waals surface area contributed by atoms with Crippen molar-refractivity contribution in [2.24, 2.45) is 0 Å².